The van der Waals surface area contributed by atoms with Gasteiger partial charge >= 0.3 is 6.18 Å². The molecule has 150 valence electrons. The first-order chi connectivity index (χ1) is 13.9. The highest BCUT2D eigenvalue weighted by Gasteiger charge is 2.29. The van der Waals surface area contributed by atoms with E-state index in [0.717, 1.165) is 27.6 Å². The lowest BCUT2D eigenvalue weighted by Crippen LogP contribution is -2.34. The average molecular weight is 401 g/mol. The molecule has 1 unspecified atom stereocenters. The largest absolute Gasteiger partial charge is 0.488 e. The number of benzene rings is 2. The van der Waals surface area contributed by atoms with E-state index in [1.54, 1.807) is 18.5 Å². The van der Waals surface area contributed by atoms with E-state index < -0.39 is 24.9 Å². The van der Waals surface area contributed by atoms with Crippen LogP contribution in [0.2, 0.25) is 0 Å². The van der Waals surface area contributed by atoms with Gasteiger partial charge in [-0.25, -0.2) is 9.97 Å². The van der Waals surface area contributed by atoms with E-state index in [4.69, 9.17) is 4.74 Å². The van der Waals surface area contributed by atoms with Crippen LogP contribution in [-0.2, 0) is 11.2 Å². The van der Waals surface area contributed by atoms with Gasteiger partial charge in [-0.3, -0.25) is 4.79 Å². The average Bonchev–Trinajstić information content (AvgIpc) is 3.14. The number of fused-ring (bicyclic) bond motifs is 3. The molecule has 0 saturated heterocycles. The van der Waals surface area contributed by atoms with Crippen LogP contribution < -0.4 is 10.1 Å². The van der Waals surface area contributed by atoms with E-state index in [-0.39, 0.29) is 12.6 Å². The third kappa shape index (κ3) is 4.47. The molecule has 0 saturated carbocycles. The molecular weight excluding hydrogens is 383 g/mol. The van der Waals surface area contributed by atoms with Crippen molar-refractivity contribution in [2.75, 3.05) is 6.54 Å². The molecule has 1 amide bonds. The summed E-state index contributed by atoms with van der Waals surface area (Å²) in [6.07, 6.45) is -2.37. The second-order valence-electron chi connectivity index (χ2n) is 6.91. The minimum atomic E-state index is -4.33. The van der Waals surface area contributed by atoms with Crippen LogP contribution in [0.3, 0.4) is 0 Å². The molecule has 29 heavy (non-hydrogen) atoms. The molecule has 5 nitrogen and oxygen atoms in total. The molecule has 2 aromatic carbocycles. The van der Waals surface area contributed by atoms with Gasteiger partial charge in [0.05, 0.1) is 13.0 Å². The van der Waals surface area contributed by atoms with Crippen molar-refractivity contribution < 1.29 is 22.7 Å². The summed E-state index contributed by atoms with van der Waals surface area (Å²) in [6, 6.07) is 11.5. The third-order valence-electron chi connectivity index (χ3n) is 4.80. The Balaban J connectivity index is 1.44. The van der Waals surface area contributed by atoms with E-state index in [9.17, 15) is 18.0 Å². The number of aromatic nitrogens is 2. The third-order valence-corrected chi connectivity index (χ3v) is 4.80. The maximum Gasteiger partial charge on any atom is 0.389 e. The van der Waals surface area contributed by atoms with Gasteiger partial charge in [0, 0.05) is 36.4 Å². The zero-order valence-corrected chi connectivity index (χ0v) is 15.4. The summed E-state index contributed by atoms with van der Waals surface area (Å²) >= 11 is 0. The number of hydrogen-bond donors (Lipinski definition) is 1. The summed E-state index contributed by atoms with van der Waals surface area (Å²) in [5.74, 6) is 0.751. The van der Waals surface area contributed by atoms with Crippen LogP contribution in [0.1, 0.15) is 18.4 Å². The fourth-order valence-corrected chi connectivity index (χ4v) is 3.42. The highest BCUT2D eigenvalue weighted by molar-refractivity contribution is 5.91. The quantitative estimate of drug-likeness (QED) is 0.700. The normalized spacial score (nSPS) is 15.8. The molecule has 0 bridgehead atoms. The van der Waals surface area contributed by atoms with Crippen molar-refractivity contribution in [2.45, 2.75) is 31.5 Å². The Labute approximate surface area is 164 Å². The lowest BCUT2D eigenvalue weighted by Gasteiger charge is -2.12. The Morgan fingerprint density at radius 2 is 1.97 bits per heavy atom. The molecule has 0 spiro atoms. The van der Waals surface area contributed by atoms with E-state index in [1.807, 2.05) is 30.3 Å². The first-order valence-corrected chi connectivity index (χ1v) is 9.22. The summed E-state index contributed by atoms with van der Waals surface area (Å²) in [4.78, 5) is 20.2. The van der Waals surface area contributed by atoms with Crippen molar-refractivity contribution in [3.63, 3.8) is 0 Å². The first kappa shape index (κ1) is 19.2. The Morgan fingerprint density at radius 1 is 1.17 bits per heavy atom. The highest BCUT2D eigenvalue weighted by Crippen LogP contribution is 2.36. The number of alkyl halides is 3. The minimum absolute atomic E-state index is 0.169. The highest BCUT2D eigenvalue weighted by atomic mass is 19.4. The van der Waals surface area contributed by atoms with Crippen LogP contribution in [0.5, 0.6) is 5.75 Å². The van der Waals surface area contributed by atoms with Crippen molar-refractivity contribution in [3.05, 3.63) is 54.4 Å². The number of amides is 1. The number of hydrogen-bond acceptors (Lipinski definition) is 4. The maximum atomic E-state index is 12.2. The fourth-order valence-electron chi connectivity index (χ4n) is 3.42. The van der Waals surface area contributed by atoms with Crippen LogP contribution >= 0.6 is 0 Å². The number of carbonyl (C=O) groups is 1. The summed E-state index contributed by atoms with van der Waals surface area (Å²) < 4.78 is 42.5. The van der Waals surface area contributed by atoms with Crippen LogP contribution in [0.4, 0.5) is 13.2 Å². The monoisotopic (exact) mass is 401 g/mol. The van der Waals surface area contributed by atoms with Crippen molar-refractivity contribution in [1.82, 2.24) is 15.3 Å². The molecule has 0 radical (unpaired) electrons. The van der Waals surface area contributed by atoms with Gasteiger partial charge in [-0.1, -0.05) is 18.2 Å². The van der Waals surface area contributed by atoms with Crippen LogP contribution in [-0.4, -0.2) is 34.7 Å². The molecule has 8 heteroatoms. The van der Waals surface area contributed by atoms with Gasteiger partial charge in [-0.15, -0.1) is 0 Å². The molecule has 4 rings (SSSR count). The summed E-state index contributed by atoms with van der Waals surface area (Å²) in [5.41, 5.74) is 1.93. The number of nitrogens with zero attached hydrogens (tertiary/aromatic N) is 2. The second-order valence-corrected chi connectivity index (χ2v) is 6.91. The SMILES string of the molecule is O=C(CCC(F)(F)F)NCC1Cc2c(ccc3cc(-c4ncccn4)ccc23)O1. The lowest BCUT2D eigenvalue weighted by molar-refractivity contribution is -0.144. The standard InChI is InChI=1S/C21H18F3N3O2/c22-21(23,24)7-6-19(28)27-12-15-11-17-16-4-2-14(20-25-8-1-9-26-20)10-13(16)3-5-18(17)29-15/h1-5,8-10,15H,6-7,11-12H2,(H,27,28). The van der Waals surface area contributed by atoms with E-state index in [1.165, 1.54) is 0 Å². The Bertz CT molecular complexity index is 1040. The smallest absolute Gasteiger partial charge is 0.389 e. The van der Waals surface area contributed by atoms with E-state index in [2.05, 4.69) is 15.3 Å². The zero-order chi connectivity index (χ0) is 20.4. The molecule has 2 heterocycles. The number of ether oxygens (including phenoxy) is 1. The van der Waals surface area contributed by atoms with E-state index in [0.29, 0.717) is 12.2 Å². The molecule has 1 atom stereocenters. The van der Waals surface area contributed by atoms with Crippen LogP contribution in [0.15, 0.2) is 48.8 Å². The fraction of sp³-hybridized carbons (Fsp3) is 0.286. The topological polar surface area (TPSA) is 64.1 Å². The molecule has 0 aliphatic carbocycles. The number of halogens is 3. The molecule has 3 aromatic rings. The predicted molar refractivity (Wildman–Crippen MR) is 101 cm³/mol. The molecule has 1 N–H and O–H groups in total. The van der Waals surface area contributed by atoms with Gasteiger partial charge in [0.25, 0.3) is 0 Å². The van der Waals surface area contributed by atoms with Crippen molar-refractivity contribution in [2.24, 2.45) is 0 Å². The van der Waals surface area contributed by atoms with Gasteiger partial charge in [-0.05, 0) is 29.0 Å². The van der Waals surface area contributed by atoms with Crippen molar-refractivity contribution in [3.8, 4) is 17.1 Å². The Morgan fingerprint density at radius 3 is 2.72 bits per heavy atom. The molecular formula is C21H18F3N3O2. The second kappa shape index (κ2) is 7.69. The van der Waals surface area contributed by atoms with E-state index >= 15 is 0 Å². The number of carbonyl (C=O) groups excluding carboxylic acids is 1. The molecule has 1 aliphatic rings. The van der Waals surface area contributed by atoms with Crippen LogP contribution in [0, 0.1) is 0 Å². The minimum Gasteiger partial charge on any atom is -0.488 e. The van der Waals surface area contributed by atoms with Crippen molar-refractivity contribution in [1.29, 1.82) is 0 Å². The zero-order valence-electron chi connectivity index (χ0n) is 15.4. The van der Waals surface area contributed by atoms with Gasteiger partial charge < -0.3 is 10.1 Å². The Hall–Kier alpha value is -3.16. The predicted octanol–water partition coefficient (Wildman–Crippen LogP) is 4.06. The van der Waals surface area contributed by atoms with Gasteiger partial charge in [0.2, 0.25) is 5.91 Å². The van der Waals surface area contributed by atoms with Gasteiger partial charge in [0.15, 0.2) is 5.82 Å². The Kier molecular flexibility index (Phi) is 5.08. The molecule has 1 aromatic heterocycles. The molecule has 0 fully saturated rings. The maximum absolute atomic E-state index is 12.2. The molecule has 1 aliphatic heterocycles. The van der Waals surface area contributed by atoms with Gasteiger partial charge in [-0.2, -0.15) is 13.2 Å². The summed E-state index contributed by atoms with van der Waals surface area (Å²) in [6.45, 7) is 0.169. The first-order valence-electron chi connectivity index (χ1n) is 9.22. The van der Waals surface area contributed by atoms with Gasteiger partial charge in [0.1, 0.15) is 11.9 Å². The lowest BCUT2D eigenvalue weighted by atomic mass is 9.99. The summed E-state index contributed by atoms with van der Waals surface area (Å²) in [7, 11) is 0. The van der Waals surface area contributed by atoms with Crippen molar-refractivity contribution >= 4 is 16.7 Å². The summed E-state index contributed by atoms with van der Waals surface area (Å²) in [5, 5.41) is 4.59. The van der Waals surface area contributed by atoms with Crippen LogP contribution in [0.25, 0.3) is 22.2 Å². The number of nitrogens with one attached hydrogen (secondary N) is 1. The number of rotatable bonds is 5.